The first-order chi connectivity index (χ1) is 8.72. The van der Waals surface area contributed by atoms with Crippen molar-refractivity contribution in [3.63, 3.8) is 0 Å². The van der Waals surface area contributed by atoms with E-state index < -0.39 is 0 Å². The van der Waals surface area contributed by atoms with Gasteiger partial charge in [0.15, 0.2) is 0 Å². The maximum Gasteiger partial charge on any atom is 0.108 e. The molecule has 18 heavy (non-hydrogen) atoms. The number of hydrogen-bond donors (Lipinski definition) is 0. The summed E-state index contributed by atoms with van der Waals surface area (Å²) < 4.78 is 0. The van der Waals surface area contributed by atoms with Crippen LogP contribution < -0.4 is 4.90 Å². The molecule has 0 spiro atoms. The lowest BCUT2D eigenvalue weighted by molar-refractivity contribution is 0.976. The quantitative estimate of drug-likeness (QED) is 0.747. The molecule has 2 heteroatoms. The van der Waals surface area contributed by atoms with Gasteiger partial charge >= 0.3 is 0 Å². The molecule has 0 N–H and O–H groups in total. The first-order valence-corrected chi connectivity index (χ1v) is 7.12. The Bertz CT molecular complexity index is 525. The van der Waals surface area contributed by atoms with E-state index in [4.69, 9.17) is 0 Å². The Morgan fingerprint density at radius 1 is 0.944 bits per heavy atom. The van der Waals surface area contributed by atoms with Crippen LogP contribution in [-0.2, 0) is 0 Å². The Balaban J connectivity index is 1.81. The fourth-order valence-electron chi connectivity index (χ4n) is 2.46. The van der Waals surface area contributed by atoms with E-state index in [2.05, 4.69) is 79.4 Å². The maximum atomic E-state index is 2.48. The molecule has 0 radical (unpaired) electrons. The Labute approximate surface area is 113 Å². The minimum atomic E-state index is 0.183. The van der Waals surface area contributed by atoms with Gasteiger partial charge in [-0.25, -0.2) is 0 Å². The summed E-state index contributed by atoms with van der Waals surface area (Å²) in [4.78, 5) is 4.00. The molecule has 1 aliphatic heterocycles. The molecule has 0 saturated carbocycles. The molecule has 0 bridgehead atoms. The molecule has 1 heterocycles. The highest BCUT2D eigenvalue weighted by Crippen LogP contribution is 2.54. The van der Waals surface area contributed by atoms with Crippen LogP contribution in [0, 0.1) is 0 Å². The van der Waals surface area contributed by atoms with Crippen molar-refractivity contribution in [1.82, 2.24) is 0 Å². The van der Waals surface area contributed by atoms with Crippen LogP contribution in [0.25, 0.3) is 0 Å². The molecular formula is C16H17NS. The van der Waals surface area contributed by atoms with Crippen molar-refractivity contribution in [3.8, 4) is 0 Å². The molecule has 1 aliphatic rings. The van der Waals surface area contributed by atoms with Gasteiger partial charge in [0.25, 0.3) is 0 Å². The number of thioether (sulfide) groups is 1. The molecule has 0 aromatic heterocycles. The average Bonchev–Trinajstić information content (AvgIpc) is 2.93. The van der Waals surface area contributed by atoms with E-state index in [1.165, 1.54) is 10.6 Å². The number of rotatable bonds is 3. The van der Waals surface area contributed by atoms with Gasteiger partial charge in [-0.3, -0.25) is 0 Å². The predicted octanol–water partition coefficient (Wildman–Crippen LogP) is 4.40. The lowest BCUT2D eigenvalue weighted by Crippen LogP contribution is -2.08. The van der Waals surface area contributed by atoms with Crippen LogP contribution in [0.1, 0.15) is 13.8 Å². The average molecular weight is 255 g/mol. The number of anilines is 1. The van der Waals surface area contributed by atoms with Gasteiger partial charge < -0.3 is 4.90 Å². The van der Waals surface area contributed by atoms with Crippen LogP contribution in [0.15, 0.2) is 65.6 Å². The molecule has 1 nitrogen and oxygen atoms in total. The van der Waals surface area contributed by atoms with Crippen LogP contribution in [0.4, 0.5) is 5.69 Å². The SMILES string of the molecule is C[C@H]1N(c2ccccc2)[C@]1(C)Sc1ccccc1. The summed E-state index contributed by atoms with van der Waals surface area (Å²) in [6.45, 7) is 4.62. The highest BCUT2D eigenvalue weighted by atomic mass is 32.2. The molecule has 2 aromatic rings. The van der Waals surface area contributed by atoms with Crippen molar-refractivity contribution in [2.24, 2.45) is 0 Å². The molecule has 0 aliphatic carbocycles. The standard InChI is InChI=1S/C16H17NS/c1-13-16(2,18-15-11-7-4-8-12-15)17(13)14-9-5-3-6-10-14/h3-13H,1-2H3/t13-,16-,17?/m1/s1. The van der Waals surface area contributed by atoms with E-state index in [-0.39, 0.29) is 4.87 Å². The van der Waals surface area contributed by atoms with Crippen LogP contribution in [0.3, 0.4) is 0 Å². The summed E-state index contributed by atoms with van der Waals surface area (Å²) in [6, 6.07) is 21.9. The summed E-state index contributed by atoms with van der Waals surface area (Å²) in [6.07, 6.45) is 0. The topological polar surface area (TPSA) is 3.01 Å². The first-order valence-electron chi connectivity index (χ1n) is 6.30. The predicted molar refractivity (Wildman–Crippen MR) is 79.1 cm³/mol. The molecule has 3 rings (SSSR count). The van der Waals surface area contributed by atoms with Crippen molar-refractivity contribution in [2.45, 2.75) is 29.7 Å². The van der Waals surface area contributed by atoms with Gasteiger partial charge in [-0.05, 0) is 38.1 Å². The molecule has 0 amide bonds. The van der Waals surface area contributed by atoms with E-state index in [9.17, 15) is 0 Å². The zero-order chi connectivity index (χ0) is 12.6. The third-order valence-electron chi connectivity index (χ3n) is 3.68. The third kappa shape index (κ3) is 1.91. The van der Waals surface area contributed by atoms with E-state index in [1.54, 1.807) is 0 Å². The lowest BCUT2D eigenvalue weighted by atomic mass is 10.3. The third-order valence-corrected chi connectivity index (χ3v) is 5.13. The number of para-hydroxylation sites is 1. The molecule has 92 valence electrons. The van der Waals surface area contributed by atoms with Crippen molar-refractivity contribution in [3.05, 3.63) is 60.7 Å². The summed E-state index contributed by atoms with van der Waals surface area (Å²) >= 11 is 1.95. The zero-order valence-electron chi connectivity index (χ0n) is 10.7. The Morgan fingerprint density at radius 2 is 1.50 bits per heavy atom. The van der Waals surface area contributed by atoms with Gasteiger partial charge in [0.05, 0.1) is 6.04 Å². The van der Waals surface area contributed by atoms with Crippen LogP contribution in [0.5, 0.6) is 0 Å². The van der Waals surface area contributed by atoms with Crippen LogP contribution in [-0.4, -0.2) is 10.9 Å². The zero-order valence-corrected chi connectivity index (χ0v) is 11.5. The molecule has 1 fully saturated rings. The largest absolute Gasteiger partial charge is 0.349 e. The minimum Gasteiger partial charge on any atom is -0.349 e. The second kappa shape index (κ2) is 4.36. The van der Waals surface area contributed by atoms with E-state index in [1.807, 2.05) is 11.8 Å². The Morgan fingerprint density at radius 3 is 2.11 bits per heavy atom. The van der Waals surface area contributed by atoms with E-state index in [0.29, 0.717) is 6.04 Å². The van der Waals surface area contributed by atoms with Crippen LogP contribution in [0.2, 0.25) is 0 Å². The molecule has 2 atom stereocenters. The van der Waals surface area contributed by atoms with Gasteiger partial charge in [-0.15, -0.1) is 0 Å². The van der Waals surface area contributed by atoms with Gasteiger partial charge in [0.2, 0.25) is 0 Å². The summed E-state index contributed by atoms with van der Waals surface area (Å²) in [5.74, 6) is 0. The smallest absolute Gasteiger partial charge is 0.108 e. The minimum absolute atomic E-state index is 0.183. The van der Waals surface area contributed by atoms with Gasteiger partial charge in [0.1, 0.15) is 4.87 Å². The van der Waals surface area contributed by atoms with Crippen LogP contribution >= 0.6 is 11.8 Å². The Hall–Kier alpha value is -1.41. The van der Waals surface area contributed by atoms with Crippen molar-refractivity contribution < 1.29 is 0 Å². The van der Waals surface area contributed by atoms with Gasteiger partial charge in [-0.1, -0.05) is 48.2 Å². The summed E-state index contributed by atoms with van der Waals surface area (Å²) in [5, 5.41) is 0. The summed E-state index contributed by atoms with van der Waals surface area (Å²) in [5.41, 5.74) is 1.32. The fourth-order valence-corrected chi connectivity index (χ4v) is 3.82. The van der Waals surface area contributed by atoms with Gasteiger partial charge in [-0.2, -0.15) is 0 Å². The second-order valence-electron chi connectivity index (χ2n) is 4.85. The number of hydrogen-bond acceptors (Lipinski definition) is 2. The summed E-state index contributed by atoms with van der Waals surface area (Å²) in [7, 11) is 0. The van der Waals surface area contributed by atoms with E-state index in [0.717, 1.165) is 0 Å². The van der Waals surface area contributed by atoms with Crippen molar-refractivity contribution in [1.29, 1.82) is 0 Å². The van der Waals surface area contributed by atoms with Crippen molar-refractivity contribution >= 4 is 17.4 Å². The number of nitrogens with zero attached hydrogens (tertiary/aromatic N) is 1. The Kier molecular flexibility index (Phi) is 2.83. The molecule has 1 saturated heterocycles. The normalized spacial score (nSPS) is 26.1. The fraction of sp³-hybridized carbons (Fsp3) is 0.250. The van der Waals surface area contributed by atoms with Gasteiger partial charge in [0, 0.05) is 10.6 Å². The molecular weight excluding hydrogens is 238 g/mol. The van der Waals surface area contributed by atoms with Crippen molar-refractivity contribution in [2.75, 3.05) is 4.90 Å². The van der Waals surface area contributed by atoms with E-state index >= 15 is 0 Å². The highest BCUT2D eigenvalue weighted by molar-refractivity contribution is 8.01. The maximum absolute atomic E-state index is 2.48. The molecule has 0 unspecified atom stereocenters. The first kappa shape index (κ1) is 11.7. The second-order valence-corrected chi connectivity index (χ2v) is 6.35. The number of benzene rings is 2. The molecule has 2 aromatic carbocycles. The lowest BCUT2D eigenvalue weighted by Gasteiger charge is -2.13. The monoisotopic (exact) mass is 255 g/mol. The highest BCUT2D eigenvalue weighted by Gasteiger charge is 2.57.